The van der Waals surface area contributed by atoms with Crippen LogP contribution in [0.2, 0.25) is 0 Å². The van der Waals surface area contributed by atoms with Crippen molar-refractivity contribution in [3.8, 4) is 0 Å². The predicted octanol–water partition coefficient (Wildman–Crippen LogP) is 2.89. The largest absolute Gasteiger partial charge is 0.383 e. The molecule has 1 atom stereocenters. The molecule has 0 radical (unpaired) electrons. The van der Waals surface area contributed by atoms with Crippen molar-refractivity contribution < 1.29 is 4.74 Å². The zero-order chi connectivity index (χ0) is 15.1. The Kier molecular flexibility index (Phi) is 6.46. The minimum absolute atomic E-state index is 0.663. The summed E-state index contributed by atoms with van der Waals surface area (Å²) in [7, 11) is 1.73. The Balaban J connectivity index is 2.01. The minimum atomic E-state index is 0.663. The summed E-state index contributed by atoms with van der Waals surface area (Å²) in [5, 5.41) is 3.37. The Hall–Kier alpha value is -1.13. The standard InChI is InChI=1S/C17H29N3O/c1-4-16-7-5-6-9-20(16)17-14(2)11-15(13-19-17)12-18-8-10-21-3/h11,13,16,18H,4-10,12H2,1-3H3. The Morgan fingerprint density at radius 2 is 2.29 bits per heavy atom. The fourth-order valence-corrected chi connectivity index (χ4v) is 3.13. The van der Waals surface area contributed by atoms with Gasteiger partial charge in [-0.2, -0.15) is 0 Å². The highest BCUT2D eigenvalue weighted by molar-refractivity contribution is 5.48. The molecular formula is C17H29N3O. The van der Waals surface area contributed by atoms with Crippen LogP contribution in [0.4, 0.5) is 5.82 Å². The number of piperidine rings is 1. The summed E-state index contributed by atoms with van der Waals surface area (Å²) in [6.45, 7) is 8.10. The number of rotatable bonds is 7. The predicted molar refractivity (Wildman–Crippen MR) is 87.8 cm³/mol. The lowest BCUT2D eigenvalue weighted by Gasteiger charge is -2.37. The Morgan fingerprint density at radius 1 is 1.43 bits per heavy atom. The molecule has 1 fully saturated rings. The zero-order valence-corrected chi connectivity index (χ0v) is 13.7. The molecule has 118 valence electrons. The van der Waals surface area contributed by atoms with E-state index in [9.17, 15) is 0 Å². The SMILES string of the molecule is CCC1CCCCN1c1ncc(CNCCOC)cc1C. The molecule has 0 saturated carbocycles. The van der Waals surface area contributed by atoms with Crippen LogP contribution in [0, 0.1) is 6.92 Å². The second-order valence-corrected chi connectivity index (χ2v) is 5.90. The van der Waals surface area contributed by atoms with Gasteiger partial charge in [0, 0.05) is 39.0 Å². The molecule has 1 saturated heterocycles. The Bertz CT molecular complexity index is 436. The van der Waals surface area contributed by atoms with E-state index in [0.29, 0.717) is 6.04 Å². The van der Waals surface area contributed by atoms with Gasteiger partial charge in [-0.25, -0.2) is 4.98 Å². The van der Waals surface area contributed by atoms with Gasteiger partial charge in [-0.15, -0.1) is 0 Å². The van der Waals surface area contributed by atoms with Crippen LogP contribution in [0.1, 0.15) is 43.7 Å². The van der Waals surface area contributed by atoms with Crippen LogP contribution < -0.4 is 10.2 Å². The van der Waals surface area contributed by atoms with Gasteiger partial charge in [0.2, 0.25) is 0 Å². The molecule has 1 aliphatic rings. The first kappa shape index (κ1) is 16.2. The first-order valence-corrected chi connectivity index (χ1v) is 8.18. The van der Waals surface area contributed by atoms with E-state index in [1.807, 2.05) is 6.20 Å². The molecular weight excluding hydrogens is 262 g/mol. The maximum atomic E-state index is 5.04. The number of nitrogens with zero attached hydrogens (tertiary/aromatic N) is 2. The fourth-order valence-electron chi connectivity index (χ4n) is 3.13. The van der Waals surface area contributed by atoms with Crippen molar-refractivity contribution in [2.24, 2.45) is 0 Å². The lowest BCUT2D eigenvalue weighted by atomic mass is 9.99. The molecule has 1 unspecified atom stereocenters. The quantitative estimate of drug-likeness (QED) is 0.784. The van der Waals surface area contributed by atoms with E-state index in [2.05, 4.69) is 30.1 Å². The van der Waals surface area contributed by atoms with Gasteiger partial charge in [0.1, 0.15) is 5.82 Å². The summed E-state index contributed by atoms with van der Waals surface area (Å²) in [5.74, 6) is 1.18. The molecule has 0 amide bonds. The number of aromatic nitrogens is 1. The van der Waals surface area contributed by atoms with Crippen LogP contribution in [0.5, 0.6) is 0 Å². The van der Waals surface area contributed by atoms with Crippen molar-refractivity contribution in [2.45, 2.75) is 52.1 Å². The van der Waals surface area contributed by atoms with Gasteiger partial charge in [0.25, 0.3) is 0 Å². The molecule has 4 heteroatoms. The average Bonchev–Trinajstić information content (AvgIpc) is 2.52. The highest BCUT2D eigenvalue weighted by atomic mass is 16.5. The first-order valence-electron chi connectivity index (χ1n) is 8.18. The molecule has 21 heavy (non-hydrogen) atoms. The number of aryl methyl sites for hydroxylation is 1. The van der Waals surface area contributed by atoms with E-state index in [1.165, 1.54) is 42.6 Å². The van der Waals surface area contributed by atoms with E-state index in [4.69, 9.17) is 9.72 Å². The molecule has 1 N–H and O–H groups in total. The van der Waals surface area contributed by atoms with Crippen molar-refractivity contribution in [3.63, 3.8) is 0 Å². The monoisotopic (exact) mass is 291 g/mol. The van der Waals surface area contributed by atoms with Gasteiger partial charge in [-0.1, -0.05) is 6.92 Å². The van der Waals surface area contributed by atoms with Crippen LogP contribution >= 0.6 is 0 Å². The van der Waals surface area contributed by atoms with Crippen molar-refractivity contribution in [2.75, 3.05) is 31.7 Å². The van der Waals surface area contributed by atoms with E-state index in [-0.39, 0.29) is 0 Å². The topological polar surface area (TPSA) is 37.4 Å². The van der Waals surface area contributed by atoms with Crippen LogP contribution in [-0.4, -0.2) is 37.8 Å². The van der Waals surface area contributed by atoms with Crippen molar-refractivity contribution in [3.05, 3.63) is 23.4 Å². The maximum absolute atomic E-state index is 5.04. The molecule has 0 aliphatic carbocycles. The van der Waals surface area contributed by atoms with Gasteiger partial charge < -0.3 is 15.0 Å². The van der Waals surface area contributed by atoms with Gasteiger partial charge in [-0.05, 0) is 49.8 Å². The van der Waals surface area contributed by atoms with E-state index in [0.717, 1.165) is 26.2 Å². The van der Waals surface area contributed by atoms with Crippen LogP contribution in [0.25, 0.3) is 0 Å². The normalized spacial score (nSPS) is 19.0. The van der Waals surface area contributed by atoms with E-state index >= 15 is 0 Å². The highest BCUT2D eigenvalue weighted by Gasteiger charge is 2.23. The van der Waals surface area contributed by atoms with Gasteiger partial charge in [0.05, 0.1) is 6.61 Å². The summed E-state index contributed by atoms with van der Waals surface area (Å²) < 4.78 is 5.04. The number of methoxy groups -OCH3 is 1. The van der Waals surface area contributed by atoms with Gasteiger partial charge in [0.15, 0.2) is 0 Å². The summed E-state index contributed by atoms with van der Waals surface area (Å²) >= 11 is 0. The Morgan fingerprint density at radius 3 is 3.00 bits per heavy atom. The number of hydrogen-bond acceptors (Lipinski definition) is 4. The number of anilines is 1. The average molecular weight is 291 g/mol. The molecule has 0 spiro atoms. The number of ether oxygens (including phenoxy) is 1. The lowest BCUT2D eigenvalue weighted by molar-refractivity contribution is 0.199. The number of pyridine rings is 1. The summed E-state index contributed by atoms with van der Waals surface area (Å²) in [5.41, 5.74) is 2.54. The molecule has 0 bridgehead atoms. The van der Waals surface area contributed by atoms with E-state index in [1.54, 1.807) is 7.11 Å². The summed E-state index contributed by atoms with van der Waals surface area (Å²) in [6, 6.07) is 2.93. The molecule has 1 aliphatic heterocycles. The third kappa shape index (κ3) is 4.42. The van der Waals surface area contributed by atoms with E-state index < -0.39 is 0 Å². The third-order valence-corrected chi connectivity index (χ3v) is 4.29. The Labute approximate surface area is 128 Å². The van der Waals surface area contributed by atoms with Crippen molar-refractivity contribution >= 4 is 5.82 Å². The van der Waals surface area contributed by atoms with Crippen LogP contribution in [0.3, 0.4) is 0 Å². The molecule has 1 aromatic heterocycles. The summed E-state index contributed by atoms with van der Waals surface area (Å²) in [6.07, 6.45) is 7.18. The van der Waals surface area contributed by atoms with Crippen LogP contribution in [0.15, 0.2) is 12.3 Å². The number of nitrogens with one attached hydrogen (secondary N) is 1. The number of hydrogen-bond donors (Lipinski definition) is 1. The summed E-state index contributed by atoms with van der Waals surface area (Å²) in [4.78, 5) is 7.27. The van der Waals surface area contributed by atoms with Crippen LogP contribution in [-0.2, 0) is 11.3 Å². The zero-order valence-electron chi connectivity index (χ0n) is 13.7. The second kappa shape index (κ2) is 8.35. The molecule has 2 heterocycles. The highest BCUT2D eigenvalue weighted by Crippen LogP contribution is 2.27. The maximum Gasteiger partial charge on any atom is 0.131 e. The second-order valence-electron chi connectivity index (χ2n) is 5.90. The smallest absolute Gasteiger partial charge is 0.131 e. The molecule has 1 aromatic rings. The molecule has 2 rings (SSSR count). The van der Waals surface area contributed by atoms with Crippen molar-refractivity contribution in [1.29, 1.82) is 0 Å². The fraction of sp³-hybridized carbons (Fsp3) is 0.706. The molecule has 4 nitrogen and oxygen atoms in total. The van der Waals surface area contributed by atoms with Gasteiger partial charge in [-0.3, -0.25) is 0 Å². The third-order valence-electron chi connectivity index (χ3n) is 4.29. The first-order chi connectivity index (χ1) is 10.3. The lowest BCUT2D eigenvalue weighted by Crippen LogP contribution is -2.40. The minimum Gasteiger partial charge on any atom is -0.383 e. The molecule has 0 aromatic carbocycles. The van der Waals surface area contributed by atoms with Gasteiger partial charge >= 0.3 is 0 Å². The van der Waals surface area contributed by atoms with Crippen molar-refractivity contribution in [1.82, 2.24) is 10.3 Å².